The fourth-order valence-corrected chi connectivity index (χ4v) is 4.14. The molecule has 7 heteroatoms. The first-order chi connectivity index (χ1) is 9.72. The van der Waals surface area contributed by atoms with E-state index in [4.69, 9.17) is 5.73 Å². The second-order valence-electron chi connectivity index (χ2n) is 5.37. The highest BCUT2D eigenvalue weighted by molar-refractivity contribution is 9.10. The molecule has 0 aliphatic rings. The number of benzene rings is 1. The minimum Gasteiger partial charge on any atom is -0.398 e. The van der Waals surface area contributed by atoms with Gasteiger partial charge in [0.05, 0.1) is 4.90 Å². The Hall–Kier alpha value is -0.890. The molecule has 0 atom stereocenters. The quantitative estimate of drug-likeness (QED) is 0.771. The molecule has 1 aromatic heterocycles. The smallest absolute Gasteiger partial charge is 0.240 e. The van der Waals surface area contributed by atoms with Gasteiger partial charge in [-0.15, -0.1) is 11.3 Å². The summed E-state index contributed by atoms with van der Waals surface area (Å²) in [7, 11) is -3.57. The average molecular weight is 389 g/mol. The van der Waals surface area contributed by atoms with Crippen LogP contribution in [0.5, 0.6) is 0 Å². The van der Waals surface area contributed by atoms with Gasteiger partial charge >= 0.3 is 0 Å². The molecule has 1 aromatic carbocycles. The number of anilines is 1. The minimum atomic E-state index is -3.57. The van der Waals surface area contributed by atoms with Crippen molar-refractivity contribution in [3.8, 4) is 0 Å². The average Bonchev–Trinajstić information content (AvgIpc) is 2.94. The highest BCUT2D eigenvalue weighted by atomic mass is 79.9. The van der Waals surface area contributed by atoms with Crippen LogP contribution < -0.4 is 10.5 Å². The number of hydrogen-bond donors (Lipinski definition) is 2. The first-order valence-electron chi connectivity index (χ1n) is 6.31. The molecule has 0 fully saturated rings. The Morgan fingerprint density at radius 2 is 2.05 bits per heavy atom. The van der Waals surface area contributed by atoms with Crippen LogP contribution in [-0.4, -0.2) is 15.0 Å². The van der Waals surface area contributed by atoms with Crippen molar-refractivity contribution >= 4 is 43.0 Å². The van der Waals surface area contributed by atoms with E-state index in [1.54, 1.807) is 17.4 Å². The lowest BCUT2D eigenvalue weighted by molar-refractivity contribution is 0.509. The zero-order valence-electron chi connectivity index (χ0n) is 11.8. The summed E-state index contributed by atoms with van der Waals surface area (Å²) in [5, 5.41) is 1.99. The Labute approximate surface area is 137 Å². The van der Waals surface area contributed by atoms with E-state index in [9.17, 15) is 8.42 Å². The molecule has 0 saturated heterocycles. The van der Waals surface area contributed by atoms with E-state index >= 15 is 0 Å². The molecular weight excluding hydrogens is 372 g/mol. The Kier molecular flexibility index (Phi) is 4.77. The van der Waals surface area contributed by atoms with Crippen LogP contribution in [0, 0.1) is 0 Å². The first-order valence-corrected chi connectivity index (χ1v) is 9.47. The number of nitrogen functional groups attached to an aromatic ring is 1. The van der Waals surface area contributed by atoms with Crippen LogP contribution in [0.4, 0.5) is 5.69 Å². The molecule has 0 aliphatic carbocycles. The monoisotopic (exact) mass is 388 g/mol. The molecule has 0 bridgehead atoms. The van der Waals surface area contributed by atoms with E-state index in [0.29, 0.717) is 16.7 Å². The van der Waals surface area contributed by atoms with Crippen molar-refractivity contribution in [3.05, 3.63) is 45.1 Å². The van der Waals surface area contributed by atoms with E-state index < -0.39 is 10.0 Å². The summed E-state index contributed by atoms with van der Waals surface area (Å²) in [6.45, 7) is 4.35. The maximum absolute atomic E-state index is 12.3. The molecule has 21 heavy (non-hydrogen) atoms. The number of hydrogen-bond acceptors (Lipinski definition) is 4. The fourth-order valence-electron chi connectivity index (χ4n) is 1.80. The molecule has 2 rings (SSSR count). The third-order valence-electron chi connectivity index (χ3n) is 3.17. The molecule has 4 nitrogen and oxygen atoms in total. The van der Waals surface area contributed by atoms with E-state index in [0.717, 1.165) is 4.88 Å². The van der Waals surface area contributed by atoms with Crippen molar-refractivity contribution in [3.63, 3.8) is 0 Å². The predicted molar refractivity (Wildman–Crippen MR) is 91.1 cm³/mol. The maximum Gasteiger partial charge on any atom is 0.240 e. The third-order valence-corrected chi connectivity index (χ3v) is 6.53. The van der Waals surface area contributed by atoms with Gasteiger partial charge in [0.15, 0.2) is 0 Å². The normalized spacial score (nSPS) is 12.5. The van der Waals surface area contributed by atoms with Gasteiger partial charge < -0.3 is 5.73 Å². The molecule has 0 unspecified atom stereocenters. The zero-order chi connectivity index (χ0) is 15.7. The van der Waals surface area contributed by atoms with Crippen LogP contribution in [0.25, 0.3) is 0 Å². The second kappa shape index (κ2) is 6.08. The van der Waals surface area contributed by atoms with Gasteiger partial charge in [0.1, 0.15) is 0 Å². The van der Waals surface area contributed by atoms with Crippen LogP contribution in [-0.2, 0) is 15.4 Å². The van der Waals surface area contributed by atoms with Crippen LogP contribution in [0.1, 0.15) is 18.7 Å². The molecule has 0 spiro atoms. The zero-order valence-corrected chi connectivity index (χ0v) is 15.0. The van der Waals surface area contributed by atoms with Crippen molar-refractivity contribution < 1.29 is 8.42 Å². The number of rotatable bonds is 5. The number of sulfonamides is 1. The topological polar surface area (TPSA) is 72.2 Å². The summed E-state index contributed by atoms with van der Waals surface area (Å²) in [6.07, 6.45) is 0. The number of nitrogens with one attached hydrogen (secondary N) is 1. The van der Waals surface area contributed by atoms with Crippen LogP contribution >= 0.6 is 27.3 Å². The van der Waals surface area contributed by atoms with Crippen LogP contribution in [0.2, 0.25) is 0 Å². The molecule has 0 aliphatic heterocycles. The Balaban J connectivity index is 2.16. The van der Waals surface area contributed by atoms with E-state index in [1.807, 2.05) is 31.4 Å². The number of nitrogens with two attached hydrogens (primary N) is 1. The summed E-state index contributed by atoms with van der Waals surface area (Å²) < 4.78 is 28.0. The minimum absolute atomic E-state index is 0.171. The van der Waals surface area contributed by atoms with E-state index in [-0.39, 0.29) is 10.3 Å². The molecule has 0 radical (unpaired) electrons. The summed E-state index contributed by atoms with van der Waals surface area (Å²) in [4.78, 5) is 1.31. The van der Waals surface area contributed by atoms with Gasteiger partial charge in [0.2, 0.25) is 10.0 Å². The lowest BCUT2D eigenvalue weighted by atomic mass is 9.92. The highest BCUT2D eigenvalue weighted by Gasteiger charge is 2.25. The van der Waals surface area contributed by atoms with E-state index in [1.165, 1.54) is 12.1 Å². The summed E-state index contributed by atoms with van der Waals surface area (Å²) in [5.41, 5.74) is 5.88. The predicted octanol–water partition coefficient (Wildman–Crippen LogP) is 3.35. The van der Waals surface area contributed by atoms with Gasteiger partial charge in [0.25, 0.3) is 0 Å². The van der Waals surface area contributed by atoms with Crippen molar-refractivity contribution in [1.29, 1.82) is 0 Å². The van der Waals surface area contributed by atoms with Crippen molar-refractivity contribution in [2.24, 2.45) is 0 Å². The lowest BCUT2D eigenvalue weighted by Crippen LogP contribution is -2.36. The number of thiophene rings is 1. The van der Waals surface area contributed by atoms with Gasteiger partial charge in [-0.1, -0.05) is 19.9 Å². The van der Waals surface area contributed by atoms with Crippen molar-refractivity contribution in [1.82, 2.24) is 4.72 Å². The Morgan fingerprint density at radius 3 is 2.62 bits per heavy atom. The number of halogens is 1. The van der Waals surface area contributed by atoms with Crippen molar-refractivity contribution in [2.75, 3.05) is 12.3 Å². The second-order valence-corrected chi connectivity index (χ2v) is 8.94. The van der Waals surface area contributed by atoms with Gasteiger partial charge in [-0.05, 0) is 45.6 Å². The van der Waals surface area contributed by atoms with Crippen LogP contribution in [0.3, 0.4) is 0 Å². The summed E-state index contributed by atoms with van der Waals surface area (Å²) >= 11 is 4.87. The van der Waals surface area contributed by atoms with Gasteiger partial charge in [-0.2, -0.15) is 0 Å². The molecule has 0 amide bonds. The standard InChI is InChI=1S/C14H17BrN2O2S2/c1-14(2,13-4-3-7-20-13)9-17-21(18,19)10-5-6-11(15)12(16)8-10/h3-8,17H,9,16H2,1-2H3. The summed E-state index contributed by atoms with van der Waals surface area (Å²) in [6, 6.07) is 8.59. The van der Waals surface area contributed by atoms with Gasteiger partial charge in [-0.3, -0.25) is 0 Å². The fraction of sp³-hybridized carbons (Fsp3) is 0.286. The largest absolute Gasteiger partial charge is 0.398 e. The molecular formula is C14H17BrN2O2S2. The third kappa shape index (κ3) is 3.85. The first kappa shape index (κ1) is 16.5. The molecule has 0 saturated carbocycles. The Morgan fingerprint density at radius 1 is 1.33 bits per heavy atom. The van der Waals surface area contributed by atoms with Gasteiger partial charge in [0, 0.05) is 27.0 Å². The van der Waals surface area contributed by atoms with Crippen LogP contribution in [0.15, 0.2) is 45.1 Å². The van der Waals surface area contributed by atoms with Gasteiger partial charge in [-0.25, -0.2) is 13.1 Å². The maximum atomic E-state index is 12.3. The SMILES string of the molecule is CC(C)(CNS(=O)(=O)c1ccc(Br)c(N)c1)c1cccs1. The molecule has 3 N–H and O–H groups in total. The van der Waals surface area contributed by atoms with Crippen molar-refractivity contribution in [2.45, 2.75) is 24.2 Å². The lowest BCUT2D eigenvalue weighted by Gasteiger charge is -2.23. The van der Waals surface area contributed by atoms with E-state index in [2.05, 4.69) is 20.7 Å². The Bertz CT molecular complexity index is 725. The highest BCUT2D eigenvalue weighted by Crippen LogP contribution is 2.28. The molecule has 114 valence electrons. The summed E-state index contributed by atoms with van der Waals surface area (Å²) in [5.74, 6) is 0. The molecule has 1 heterocycles. The molecule has 2 aromatic rings.